The molecule has 1 aliphatic rings. The summed E-state index contributed by atoms with van der Waals surface area (Å²) in [4.78, 5) is 1.32. The van der Waals surface area contributed by atoms with Gasteiger partial charge < -0.3 is 5.32 Å². The highest BCUT2D eigenvalue weighted by Crippen LogP contribution is 2.28. The Morgan fingerprint density at radius 1 is 1.29 bits per heavy atom. The van der Waals surface area contributed by atoms with Crippen molar-refractivity contribution in [2.24, 2.45) is 0 Å². The zero-order valence-corrected chi connectivity index (χ0v) is 9.57. The molecule has 14 heavy (non-hydrogen) atoms. The smallest absolute Gasteiger partial charge is 0.0406 e. The molecular formula is C11H14ClNS. The van der Waals surface area contributed by atoms with Crippen LogP contribution < -0.4 is 5.32 Å². The summed E-state index contributed by atoms with van der Waals surface area (Å²) in [6.07, 6.45) is 2.62. The van der Waals surface area contributed by atoms with E-state index in [-0.39, 0.29) is 0 Å². The van der Waals surface area contributed by atoms with Gasteiger partial charge in [-0.15, -0.1) is 11.8 Å². The summed E-state index contributed by atoms with van der Waals surface area (Å²) in [6.45, 7) is 2.31. The van der Waals surface area contributed by atoms with Crippen LogP contribution in [-0.4, -0.2) is 18.3 Å². The van der Waals surface area contributed by atoms with Gasteiger partial charge in [0.15, 0.2) is 0 Å². The molecule has 0 aliphatic carbocycles. The van der Waals surface area contributed by atoms with E-state index in [2.05, 4.69) is 17.4 Å². The van der Waals surface area contributed by atoms with Gasteiger partial charge in [0.2, 0.25) is 0 Å². The van der Waals surface area contributed by atoms with E-state index in [4.69, 9.17) is 11.6 Å². The molecule has 76 valence electrons. The van der Waals surface area contributed by atoms with E-state index in [1.165, 1.54) is 24.3 Å². The Balaban J connectivity index is 1.92. The molecule has 0 saturated carbocycles. The van der Waals surface area contributed by atoms with Crippen molar-refractivity contribution < 1.29 is 0 Å². The number of halogens is 1. The number of rotatable bonds is 2. The zero-order chi connectivity index (χ0) is 9.80. The SMILES string of the molecule is Clc1ccc(S[C@@H]2CCCNC2)cc1. The van der Waals surface area contributed by atoms with E-state index in [1.807, 2.05) is 23.9 Å². The first-order chi connectivity index (χ1) is 6.84. The first-order valence-electron chi connectivity index (χ1n) is 4.97. The fourth-order valence-corrected chi connectivity index (χ4v) is 2.92. The minimum atomic E-state index is 0.727. The maximum Gasteiger partial charge on any atom is 0.0406 e. The summed E-state index contributed by atoms with van der Waals surface area (Å²) in [6, 6.07) is 8.11. The van der Waals surface area contributed by atoms with Crippen LogP contribution in [0.2, 0.25) is 5.02 Å². The molecule has 1 aromatic rings. The molecule has 0 aromatic heterocycles. The fourth-order valence-electron chi connectivity index (χ4n) is 1.63. The molecule has 0 amide bonds. The normalized spacial score (nSPS) is 22.2. The molecule has 3 heteroatoms. The van der Waals surface area contributed by atoms with Crippen LogP contribution in [0.3, 0.4) is 0 Å². The molecule has 0 spiro atoms. The van der Waals surface area contributed by atoms with Gasteiger partial charge in [0.05, 0.1) is 0 Å². The van der Waals surface area contributed by atoms with Gasteiger partial charge >= 0.3 is 0 Å². The largest absolute Gasteiger partial charge is 0.316 e. The van der Waals surface area contributed by atoms with Crippen LogP contribution in [0, 0.1) is 0 Å². The van der Waals surface area contributed by atoms with Gasteiger partial charge in [0.25, 0.3) is 0 Å². The van der Waals surface area contributed by atoms with Gasteiger partial charge in [0, 0.05) is 21.7 Å². The highest BCUT2D eigenvalue weighted by molar-refractivity contribution is 8.00. The predicted molar refractivity (Wildman–Crippen MR) is 63.2 cm³/mol. The third-order valence-corrected chi connectivity index (χ3v) is 3.90. The van der Waals surface area contributed by atoms with Gasteiger partial charge in [-0.05, 0) is 43.7 Å². The van der Waals surface area contributed by atoms with E-state index in [0.717, 1.165) is 16.8 Å². The average Bonchev–Trinajstić information content (AvgIpc) is 2.23. The van der Waals surface area contributed by atoms with E-state index in [0.29, 0.717) is 0 Å². The Morgan fingerprint density at radius 3 is 2.71 bits per heavy atom. The molecule has 0 bridgehead atoms. The maximum atomic E-state index is 5.83. The van der Waals surface area contributed by atoms with Crippen LogP contribution in [0.5, 0.6) is 0 Å². The third kappa shape index (κ3) is 2.91. The second-order valence-electron chi connectivity index (χ2n) is 3.54. The summed E-state index contributed by atoms with van der Waals surface area (Å²) >= 11 is 7.78. The molecule has 1 fully saturated rings. The van der Waals surface area contributed by atoms with Crippen molar-refractivity contribution in [3.8, 4) is 0 Å². The Labute approximate surface area is 94.2 Å². The van der Waals surface area contributed by atoms with Crippen molar-refractivity contribution in [2.45, 2.75) is 23.0 Å². The van der Waals surface area contributed by atoms with Crippen molar-refractivity contribution in [2.75, 3.05) is 13.1 Å². The number of hydrogen-bond donors (Lipinski definition) is 1. The summed E-state index contributed by atoms with van der Waals surface area (Å²) in [5.74, 6) is 0. The number of nitrogens with one attached hydrogen (secondary N) is 1. The van der Waals surface area contributed by atoms with Crippen LogP contribution >= 0.6 is 23.4 Å². The highest BCUT2D eigenvalue weighted by atomic mass is 35.5. The van der Waals surface area contributed by atoms with E-state index >= 15 is 0 Å². The standard InChI is InChI=1S/C11H14ClNS/c12-9-3-5-10(6-4-9)14-11-2-1-7-13-8-11/h3-6,11,13H,1-2,7-8H2/t11-/m1/s1. The van der Waals surface area contributed by atoms with Crippen LogP contribution in [0.4, 0.5) is 0 Å². The second kappa shape index (κ2) is 5.06. The minimum absolute atomic E-state index is 0.727. The molecule has 1 aliphatic heterocycles. The van der Waals surface area contributed by atoms with Crippen LogP contribution in [0.1, 0.15) is 12.8 Å². The summed E-state index contributed by atoms with van der Waals surface area (Å²) in [7, 11) is 0. The summed E-state index contributed by atoms with van der Waals surface area (Å²) in [5, 5.41) is 4.96. The monoisotopic (exact) mass is 227 g/mol. The lowest BCUT2D eigenvalue weighted by molar-refractivity contribution is 0.531. The predicted octanol–water partition coefficient (Wildman–Crippen LogP) is 3.18. The first-order valence-corrected chi connectivity index (χ1v) is 6.23. The fraction of sp³-hybridized carbons (Fsp3) is 0.455. The molecule has 1 N–H and O–H groups in total. The molecule has 1 aromatic carbocycles. The van der Waals surface area contributed by atoms with Crippen molar-refractivity contribution in [3.05, 3.63) is 29.3 Å². The van der Waals surface area contributed by atoms with Crippen LogP contribution in [-0.2, 0) is 0 Å². The van der Waals surface area contributed by atoms with Crippen molar-refractivity contribution in [1.29, 1.82) is 0 Å². The quantitative estimate of drug-likeness (QED) is 0.833. The number of benzene rings is 1. The maximum absolute atomic E-state index is 5.83. The van der Waals surface area contributed by atoms with Crippen molar-refractivity contribution >= 4 is 23.4 Å². The van der Waals surface area contributed by atoms with Gasteiger partial charge in [-0.25, -0.2) is 0 Å². The van der Waals surface area contributed by atoms with Gasteiger partial charge in [-0.2, -0.15) is 0 Å². The number of thioether (sulfide) groups is 1. The van der Waals surface area contributed by atoms with Crippen LogP contribution in [0.15, 0.2) is 29.2 Å². The van der Waals surface area contributed by atoms with Gasteiger partial charge in [-0.1, -0.05) is 11.6 Å². The average molecular weight is 228 g/mol. The lowest BCUT2D eigenvalue weighted by atomic mass is 10.2. The van der Waals surface area contributed by atoms with E-state index < -0.39 is 0 Å². The molecule has 0 radical (unpaired) electrons. The lowest BCUT2D eigenvalue weighted by Gasteiger charge is -2.22. The summed E-state index contributed by atoms with van der Waals surface area (Å²) < 4.78 is 0. The topological polar surface area (TPSA) is 12.0 Å². The van der Waals surface area contributed by atoms with E-state index in [9.17, 15) is 0 Å². The van der Waals surface area contributed by atoms with E-state index in [1.54, 1.807) is 0 Å². The molecular weight excluding hydrogens is 214 g/mol. The molecule has 1 nitrogen and oxygen atoms in total. The molecule has 0 unspecified atom stereocenters. The Hall–Kier alpha value is -0.180. The van der Waals surface area contributed by atoms with Gasteiger partial charge in [-0.3, -0.25) is 0 Å². The second-order valence-corrected chi connectivity index (χ2v) is 5.35. The minimum Gasteiger partial charge on any atom is -0.316 e. The number of piperidine rings is 1. The molecule has 1 heterocycles. The van der Waals surface area contributed by atoms with Crippen molar-refractivity contribution in [1.82, 2.24) is 5.32 Å². The summed E-state index contributed by atoms with van der Waals surface area (Å²) in [5.41, 5.74) is 0. The molecule has 2 rings (SSSR count). The van der Waals surface area contributed by atoms with Crippen LogP contribution in [0.25, 0.3) is 0 Å². The number of hydrogen-bond acceptors (Lipinski definition) is 2. The highest BCUT2D eigenvalue weighted by Gasteiger charge is 2.13. The molecule has 1 saturated heterocycles. The molecule has 1 atom stereocenters. The lowest BCUT2D eigenvalue weighted by Crippen LogP contribution is -2.31. The Kier molecular flexibility index (Phi) is 3.74. The Bertz CT molecular complexity index is 280. The van der Waals surface area contributed by atoms with Crippen molar-refractivity contribution in [3.63, 3.8) is 0 Å². The van der Waals surface area contributed by atoms with Gasteiger partial charge in [0.1, 0.15) is 0 Å². The zero-order valence-electron chi connectivity index (χ0n) is 8.00. The first kappa shape index (κ1) is 10.3. The third-order valence-electron chi connectivity index (χ3n) is 2.37. The Morgan fingerprint density at radius 2 is 2.07 bits per heavy atom.